The molecule has 8 heteroatoms. The Labute approximate surface area is 212 Å². The van der Waals surface area contributed by atoms with Crippen LogP contribution in [0.15, 0.2) is 97.4 Å². The van der Waals surface area contributed by atoms with E-state index >= 15 is 0 Å². The van der Waals surface area contributed by atoms with Gasteiger partial charge in [-0.05, 0) is 61.5 Å². The van der Waals surface area contributed by atoms with Gasteiger partial charge in [-0.15, -0.1) is 0 Å². The molecule has 0 saturated carbocycles. The fourth-order valence-corrected chi connectivity index (χ4v) is 6.09. The third-order valence-electron chi connectivity index (χ3n) is 6.05. The molecule has 1 aliphatic rings. The number of para-hydroxylation sites is 2. The van der Waals surface area contributed by atoms with Crippen LogP contribution in [0.1, 0.15) is 17.5 Å². The van der Waals surface area contributed by atoms with Crippen molar-refractivity contribution >= 4 is 39.0 Å². The maximum Gasteiger partial charge on any atom is 0.249 e. The van der Waals surface area contributed by atoms with Gasteiger partial charge in [0.25, 0.3) is 0 Å². The summed E-state index contributed by atoms with van der Waals surface area (Å²) in [5, 5.41) is 2.72. The minimum Gasteiger partial charge on any atom is -0.397 e. The Kier molecular flexibility index (Phi) is 7.28. The van der Waals surface area contributed by atoms with E-state index in [9.17, 15) is 13.2 Å². The number of amides is 1. The summed E-state index contributed by atoms with van der Waals surface area (Å²) in [7, 11) is -0.0745. The number of aromatic nitrogens is 1. The van der Waals surface area contributed by atoms with Crippen LogP contribution in [0.5, 0.6) is 0 Å². The maximum atomic E-state index is 13.9. The lowest BCUT2D eigenvalue weighted by Gasteiger charge is -2.34. The van der Waals surface area contributed by atoms with Gasteiger partial charge >= 0.3 is 0 Å². The fraction of sp³-hybridized carbons (Fsp3) is 0.179. The quantitative estimate of drug-likeness (QED) is 0.355. The van der Waals surface area contributed by atoms with Gasteiger partial charge in [0.15, 0.2) is 0 Å². The lowest BCUT2D eigenvalue weighted by molar-refractivity contribution is -0.111. The molecular formula is C28H30N4O3S. The maximum absolute atomic E-state index is 13.9. The molecular weight excluding hydrogens is 472 g/mol. The highest BCUT2D eigenvalue weighted by Crippen LogP contribution is 2.34. The van der Waals surface area contributed by atoms with Gasteiger partial charge < -0.3 is 16.0 Å². The molecule has 0 bridgehead atoms. The first-order chi connectivity index (χ1) is 17.2. The van der Waals surface area contributed by atoms with Gasteiger partial charge in [0.2, 0.25) is 15.9 Å². The first kappa shape index (κ1) is 25.2. The molecule has 0 aliphatic heterocycles. The molecule has 1 atom stereocenters. The smallest absolute Gasteiger partial charge is 0.249 e. The Balaban J connectivity index is 1.55. The zero-order valence-corrected chi connectivity index (χ0v) is 21.2. The molecule has 3 aromatic rings. The van der Waals surface area contributed by atoms with Crippen molar-refractivity contribution in [1.29, 1.82) is 0 Å². The van der Waals surface area contributed by atoms with Gasteiger partial charge in [0.1, 0.15) is 4.75 Å². The Bertz CT molecular complexity index is 1440. The van der Waals surface area contributed by atoms with Crippen molar-refractivity contribution in [1.82, 2.24) is 8.87 Å². The third kappa shape index (κ3) is 5.35. The SMILES string of the molecule is CN(C)CC1(S(=O)(=O)n2ccc(/C=C/C(=O)Nc3ccccc3N)c2)C=CC(c2ccccc2)=CC1. The predicted molar refractivity (Wildman–Crippen MR) is 147 cm³/mol. The topological polar surface area (TPSA) is 97.4 Å². The van der Waals surface area contributed by atoms with E-state index < -0.39 is 14.8 Å². The van der Waals surface area contributed by atoms with Crippen LogP contribution in [0, 0.1) is 0 Å². The Morgan fingerprint density at radius 2 is 1.83 bits per heavy atom. The van der Waals surface area contributed by atoms with E-state index in [4.69, 9.17) is 5.73 Å². The van der Waals surface area contributed by atoms with Gasteiger partial charge in [-0.3, -0.25) is 8.77 Å². The normalized spacial score (nSPS) is 17.9. The molecule has 2 aromatic carbocycles. The van der Waals surface area contributed by atoms with Crippen LogP contribution in [0.25, 0.3) is 11.6 Å². The average molecular weight is 503 g/mol. The number of hydrogen-bond donors (Lipinski definition) is 2. The first-order valence-corrected chi connectivity index (χ1v) is 13.0. The summed E-state index contributed by atoms with van der Waals surface area (Å²) in [4.78, 5) is 14.2. The van der Waals surface area contributed by atoms with Crippen molar-refractivity contribution < 1.29 is 13.2 Å². The van der Waals surface area contributed by atoms with E-state index in [0.717, 1.165) is 11.1 Å². The molecule has 1 aliphatic carbocycles. The third-order valence-corrected chi connectivity index (χ3v) is 8.29. The average Bonchev–Trinajstić information content (AvgIpc) is 3.35. The van der Waals surface area contributed by atoms with E-state index in [0.29, 0.717) is 29.9 Å². The highest BCUT2D eigenvalue weighted by atomic mass is 32.2. The number of hydrogen-bond acceptors (Lipinski definition) is 5. The van der Waals surface area contributed by atoms with Crippen molar-refractivity contribution in [2.45, 2.75) is 11.2 Å². The molecule has 0 saturated heterocycles. The minimum atomic E-state index is -3.80. The minimum absolute atomic E-state index is 0.328. The molecule has 0 radical (unpaired) electrons. The van der Waals surface area contributed by atoms with E-state index in [2.05, 4.69) is 5.32 Å². The Morgan fingerprint density at radius 3 is 2.50 bits per heavy atom. The number of benzene rings is 2. The van der Waals surface area contributed by atoms with Gasteiger partial charge in [-0.25, -0.2) is 8.42 Å². The van der Waals surface area contributed by atoms with Gasteiger partial charge in [-0.1, -0.05) is 60.7 Å². The van der Waals surface area contributed by atoms with E-state index in [1.54, 1.807) is 42.5 Å². The summed E-state index contributed by atoms with van der Waals surface area (Å²) in [5.74, 6) is -0.360. The van der Waals surface area contributed by atoms with E-state index in [1.807, 2.05) is 61.5 Å². The number of carbonyl (C=O) groups is 1. The second-order valence-electron chi connectivity index (χ2n) is 9.06. The molecule has 7 nitrogen and oxygen atoms in total. The van der Waals surface area contributed by atoms with Crippen LogP contribution >= 0.6 is 0 Å². The molecule has 1 amide bonds. The summed E-state index contributed by atoms with van der Waals surface area (Å²) in [6.45, 7) is 0.328. The second-order valence-corrected chi connectivity index (χ2v) is 11.2. The summed E-state index contributed by atoms with van der Waals surface area (Å²) >= 11 is 0. The van der Waals surface area contributed by atoms with Crippen LogP contribution in [0.4, 0.5) is 11.4 Å². The van der Waals surface area contributed by atoms with Crippen molar-refractivity contribution in [2.75, 3.05) is 31.7 Å². The van der Waals surface area contributed by atoms with Crippen LogP contribution in [-0.4, -0.2) is 48.6 Å². The molecule has 1 aromatic heterocycles. The van der Waals surface area contributed by atoms with Crippen LogP contribution in [0.2, 0.25) is 0 Å². The lowest BCUT2D eigenvalue weighted by Crippen LogP contribution is -2.48. The van der Waals surface area contributed by atoms with Crippen LogP contribution < -0.4 is 11.1 Å². The summed E-state index contributed by atoms with van der Waals surface area (Å²) < 4.78 is 27.8. The fourth-order valence-electron chi connectivity index (χ4n) is 4.24. The number of nitrogens with zero attached hydrogens (tertiary/aromatic N) is 2. The van der Waals surface area contributed by atoms with Gasteiger partial charge in [0.05, 0.1) is 11.4 Å². The van der Waals surface area contributed by atoms with E-state index in [1.165, 1.54) is 22.4 Å². The van der Waals surface area contributed by atoms with Gasteiger partial charge in [0, 0.05) is 25.0 Å². The second kappa shape index (κ2) is 10.4. The molecule has 1 unspecified atom stereocenters. The molecule has 0 fully saturated rings. The lowest BCUT2D eigenvalue weighted by atomic mass is 9.92. The monoisotopic (exact) mass is 502 g/mol. The summed E-state index contributed by atoms with van der Waals surface area (Å²) in [6.07, 6.45) is 12.0. The van der Waals surface area contributed by atoms with Crippen molar-refractivity contribution in [2.24, 2.45) is 0 Å². The predicted octanol–water partition coefficient (Wildman–Crippen LogP) is 4.24. The van der Waals surface area contributed by atoms with Crippen LogP contribution in [0.3, 0.4) is 0 Å². The zero-order chi connectivity index (χ0) is 25.8. The number of carbonyl (C=O) groups excluding carboxylic acids is 1. The summed E-state index contributed by atoms with van der Waals surface area (Å²) in [6, 6.07) is 18.5. The highest BCUT2D eigenvalue weighted by molar-refractivity contribution is 7.91. The van der Waals surface area contributed by atoms with E-state index in [-0.39, 0.29) is 5.91 Å². The molecule has 4 rings (SSSR count). The number of nitrogens with one attached hydrogen (secondary N) is 1. The number of anilines is 2. The molecule has 3 N–H and O–H groups in total. The Hall–Kier alpha value is -3.88. The molecule has 186 valence electrons. The number of nitrogens with two attached hydrogens (primary N) is 1. The number of nitrogen functional groups attached to an aromatic ring is 1. The standard InChI is InChI=1S/C28H30N4O3S/c1-31(2)21-28(17-14-24(15-18-28)23-8-4-3-5-9-23)36(34,35)32-19-16-22(20-32)12-13-27(33)30-26-11-7-6-10-25(26)29/h3-17,19-20H,18,21,29H2,1-2H3,(H,30,33)/b13-12+. The summed E-state index contributed by atoms with van der Waals surface area (Å²) in [5.41, 5.74) is 9.49. The first-order valence-electron chi connectivity index (χ1n) is 11.6. The number of rotatable bonds is 8. The molecule has 0 spiro atoms. The molecule has 1 heterocycles. The van der Waals surface area contributed by atoms with Crippen molar-refractivity contribution in [3.8, 4) is 0 Å². The highest BCUT2D eigenvalue weighted by Gasteiger charge is 2.43. The van der Waals surface area contributed by atoms with Gasteiger partial charge in [-0.2, -0.15) is 0 Å². The van der Waals surface area contributed by atoms with Crippen molar-refractivity contribution in [3.05, 3.63) is 108 Å². The molecule has 36 heavy (non-hydrogen) atoms. The largest absolute Gasteiger partial charge is 0.397 e. The van der Waals surface area contributed by atoms with Crippen molar-refractivity contribution in [3.63, 3.8) is 0 Å². The Morgan fingerprint density at radius 1 is 1.11 bits per heavy atom. The van der Waals surface area contributed by atoms with Crippen LogP contribution in [-0.2, 0) is 14.8 Å². The number of allylic oxidation sites excluding steroid dienone is 3. The zero-order valence-electron chi connectivity index (χ0n) is 20.3.